The molecule has 0 atom stereocenters. The molecule has 0 amide bonds. The molecule has 0 heterocycles. The lowest BCUT2D eigenvalue weighted by Gasteiger charge is -1.99. The van der Waals surface area contributed by atoms with Crippen molar-refractivity contribution in [2.75, 3.05) is 0 Å². The minimum atomic E-state index is -1.55. The van der Waals surface area contributed by atoms with Crippen LogP contribution in [0.1, 0.15) is 0 Å². The Bertz CT molecular complexity index is 284. The van der Waals surface area contributed by atoms with Crippen molar-refractivity contribution in [1.29, 1.82) is 0 Å². The van der Waals surface area contributed by atoms with Gasteiger partial charge in [0, 0.05) is 0 Å². The molecular formula is C6H4BF3O3. The fourth-order valence-corrected chi connectivity index (χ4v) is 0.786. The van der Waals surface area contributed by atoms with Gasteiger partial charge in [0.25, 0.3) is 0 Å². The fraction of sp³-hybridized carbons (Fsp3) is 0. The summed E-state index contributed by atoms with van der Waals surface area (Å²) >= 11 is 0. The van der Waals surface area contributed by atoms with Crippen LogP contribution >= 0.6 is 0 Å². The van der Waals surface area contributed by atoms with Crippen molar-refractivity contribution in [2.24, 2.45) is 0 Å². The van der Waals surface area contributed by atoms with Gasteiger partial charge in [-0.3, -0.25) is 4.81 Å². The van der Waals surface area contributed by atoms with E-state index in [2.05, 4.69) is 9.84 Å². The number of benzene rings is 1. The first-order chi connectivity index (χ1) is 6.15. The van der Waals surface area contributed by atoms with Gasteiger partial charge >= 0.3 is 7.48 Å². The van der Waals surface area contributed by atoms with Crippen LogP contribution in [0, 0.1) is 17.5 Å². The smallest absolute Gasteiger partial charge is 0.274 e. The van der Waals surface area contributed by atoms with E-state index in [0.717, 1.165) is 12.1 Å². The highest BCUT2D eigenvalue weighted by molar-refractivity contribution is 6.46. The zero-order chi connectivity index (χ0) is 9.84. The molecule has 1 rings (SSSR count). The van der Waals surface area contributed by atoms with Crippen LogP contribution in [0.3, 0.4) is 0 Å². The molecule has 0 spiro atoms. The van der Waals surface area contributed by atoms with E-state index in [1.165, 1.54) is 0 Å². The van der Waals surface area contributed by atoms with Crippen molar-refractivity contribution in [3.05, 3.63) is 29.6 Å². The fourth-order valence-electron chi connectivity index (χ4n) is 0.786. The third-order valence-electron chi connectivity index (χ3n) is 1.32. The molecule has 0 fully saturated rings. The highest BCUT2D eigenvalue weighted by Crippen LogP contribution is 2.07. The average molecular weight is 192 g/mol. The van der Waals surface area contributed by atoms with Gasteiger partial charge in [-0.1, -0.05) is 5.04 Å². The molecule has 0 saturated heterocycles. The van der Waals surface area contributed by atoms with Gasteiger partial charge in [0.15, 0.2) is 17.5 Å². The number of hydrogen-bond donors (Lipinski definition) is 1. The lowest BCUT2D eigenvalue weighted by Crippen LogP contribution is -2.19. The molecule has 3 nitrogen and oxygen atoms in total. The summed E-state index contributed by atoms with van der Waals surface area (Å²) in [6.45, 7) is 0. The second kappa shape index (κ2) is 4.26. The predicted octanol–water partition coefficient (Wildman–Crippen LogP) is 0.502. The molecular weight excluding hydrogens is 188 g/mol. The Balaban J connectivity index is 2.86. The maximum atomic E-state index is 12.5. The summed E-state index contributed by atoms with van der Waals surface area (Å²) in [5.74, 6) is -4.19. The van der Waals surface area contributed by atoms with Crippen LogP contribution in [0.15, 0.2) is 12.1 Å². The maximum Gasteiger partial charge on any atom is 0.360 e. The zero-order valence-corrected chi connectivity index (χ0v) is 6.26. The molecule has 13 heavy (non-hydrogen) atoms. The van der Waals surface area contributed by atoms with E-state index < -0.39 is 17.5 Å². The van der Waals surface area contributed by atoms with Crippen LogP contribution < -0.4 is 5.46 Å². The Morgan fingerprint density at radius 2 is 1.69 bits per heavy atom. The van der Waals surface area contributed by atoms with Crippen molar-refractivity contribution in [2.45, 2.75) is 0 Å². The van der Waals surface area contributed by atoms with E-state index in [9.17, 15) is 13.2 Å². The number of rotatable bonds is 3. The molecule has 70 valence electrons. The summed E-state index contributed by atoms with van der Waals surface area (Å²) < 4.78 is 37.3. The van der Waals surface area contributed by atoms with Crippen LogP contribution in [0.25, 0.3) is 0 Å². The van der Waals surface area contributed by atoms with Gasteiger partial charge in [-0.05, 0) is 17.6 Å². The van der Waals surface area contributed by atoms with Crippen LogP contribution in [0.5, 0.6) is 0 Å². The van der Waals surface area contributed by atoms with Gasteiger partial charge in [-0.2, -0.15) is 0 Å². The lowest BCUT2D eigenvalue weighted by atomic mass is 9.88. The van der Waals surface area contributed by atoms with Crippen LogP contribution in [-0.2, 0) is 9.84 Å². The molecule has 1 aromatic rings. The van der Waals surface area contributed by atoms with Crippen LogP contribution in [0.4, 0.5) is 13.2 Å². The normalized spacial score (nSPS) is 10.2. The predicted molar refractivity (Wildman–Crippen MR) is 37.9 cm³/mol. The maximum absolute atomic E-state index is 12.5. The summed E-state index contributed by atoms with van der Waals surface area (Å²) in [6.07, 6.45) is 0. The second-order valence-corrected chi connectivity index (χ2v) is 2.21. The molecule has 1 N–H and O–H groups in total. The third kappa shape index (κ3) is 2.45. The Morgan fingerprint density at radius 3 is 2.15 bits per heavy atom. The summed E-state index contributed by atoms with van der Waals surface area (Å²) in [5.41, 5.74) is 0.00505. The van der Waals surface area contributed by atoms with Gasteiger partial charge in [-0.25, -0.2) is 18.4 Å². The highest BCUT2D eigenvalue weighted by atomic mass is 19.2. The second-order valence-electron chi connectivity index (χ2n) is 2.21. The number of halogens is 3. The van der Waals surface area contributed by atoms with E-state index >= 15 is 0 Å². The molecule has 0 aliphatic heterocycles. The summed E-state index contributed by atoms with van der Waals surface area (Å²) in [4.78, 5) is 3.97. The first kappa shape index (κ1) is 10.0. The third-order valence-corrected chi connectivity index (χ3v) is 1.32. The Kier molecular flexibility index (Phi) is 3.29. The van der Waals surface area contributed by atoms with Gasteiger partial charge in [0.2, 0.25) is 0 Å². The van der Waals surface area contributed by atoms with E-state index in [0.29, 0.717) is 0 Å². The molecule has 7 heteroatoms. The molecule has 0 aromatic heterocycles. The Labute approximate surface area is 71.8 Å². The SMILES string of the molecule is OOOBc1cc(F)c(F)c(F)c1. The molecule has 1 aromatic carbocycles. The van der Waals surface area contributed by atoms with E-state index in [1.807, 2.05) is 0 Å². The van der Waals surface area contributed by atoms with Crippen molar-refractivity contribution in [3.63, 3.8) is 0 Å². The average Bonchev–Trinajstić information content (AvgIpc) is 2.10. The quantitative estimate of drug-likeness (QED) is 0.328. The Hall–Kier alpha value is -1.05. The zero-order valence-electron chi connectivity index (χ0n) is 6.26. The van der Waals surface area contributed by atoms with Crippen molar-refractivity contribution in [1.82, 2.24) is 0 Å². The first-order valence-corrected chi connectivity index (χ1v) is 3.21. The van der Waals surface area contributed by atoms with Gasteiger partial charge in [-0.15, -0.1) is 0 Å². The molecule has 0 bridgehead atoms. The minimum absolute atomic E-state index is 0.00505. The van der Waals surface area contributed by atoms with E-state index in [-0.39, 0.29) is 12.9 Å². The monoisotopic (exact) mass is 192 g/mol. The molecule has 0 aliphatic rings. The minimum Gasteiger partial charge on any atom is -0.274 e. The van der Waals surface area contributed by atoms with E-state index in [1.54, 1.807) is 0 Å². The molecule has 0 radical (unpaired) electrons. The topological polar surface area (TPSA) is 38.7 Å². The highest BCUT2D eigenvalue weighted by Gasteiger charge is 2.11. The van der Waals surface area contributed by atoms with Crippen molar-refractivity contribution >= 4 is 12.9 Å². The summed E-state index contributed by atoms with van der Waals surface area (Å²) in [7, 11) is -0.384. The van der Waals surface area contributed by atoms with E-state index in [4.69, 9.17) is 5.26 Å². The Morgan fingerprint density at radius 1 is 1.15 bits per heavy atom. The molecule has 0 aliphatic carbocycles. The standard InChI is InChI=1S/C6H4BF3O3/c8-4-1-3(7-12-13-11)2-5(9)6(4)10/h1-2,7,11H. The van der Waals surface area contributed by atoms with Gasteiger partial charge in [0.05, 0.1) is 0 Å². The largest absolute Gasteiger partial charge is 0.360 e. The summed E-state index contributed by atoms with van der Waals surface area (Å²) in [6, 6.07) is 1.47. The first-order valence-electron chi connectivity index (χ1n) is 3.21. The van der Waals surface area contributed by atoms with Gasteiger partial charge < -0.3 is 0 Å². The summed E-state index contributed by atoms with van der Waals surface area (Å²) in [5, 5.41) is 11.0. The van der Waals surface area contributed by atoms with Crippen LogP contribution in [-0.4, -0.2) is 12.7 Å². The number of hydrogen-bond acceptors (Lipinski definition) is 3. The van der Waals surface area contributed by atoms with Gasteiger partial charge in [0.1, 0.15) is 0 Å². The van der Waals surface area contributed by atoms with Crippen molar-refractivity contribution < 1.29 is 28.3 Å². The van der Waals surface area contributed by atoms with Crippen LogP contribution in [0.2, 0.25) is 0 Å². The lowest BCUT2D eigenvalue weighted by molar-refractivity contribution is -0.441. The molecule has 0 saturated carbocycles. The van der Waals surface area contributed by atoms with Crippen molar-refractivity contribution in [3.8, 4) is 0 Å². The molecule has 0 unspecified atom stereocenters.